The molecule has 770 valence electrons. The van der Waals surface area contributed by atoms with E-state index in [-0.39, 0.29) is 104 Å². The molecule has 5 amide bonds. The minimum atomic E-state index is -3.22. The van der Waals surface area contributed by atoms with E-state index in [4.69, 9.17) is 88.7 Å². The quantitative estimate of drug-likeness (QED) is 0.0143. The fourth-order valence-electron chi connectivity index (χ4n) is 13.3. The number of hydrogen-bond donors (Lipinski definition) is 15. The predicted octanol–water partition coefficient (Wildman–Crippen LogP) is 20.8. The number of carbonyl (C=O) groups excluding carboxylic acids is 6. The van der Waals surface area contributed by atoms with Crippen LogP contribution in [0, 0.1) is 0 Å². The van der Waals surface area contributed by atoms with Crippen LogP contribution < -0.4 is 82.6 Å². The van der Waals surface area contributed by atoms with Gasteiger partial charge >= 0.3 is 33.9 Å². The van der Waals surface area contributed by atoms with Crippen molar-refractivity contribution < 1.29 is 57.3 Å². The van der Waals surface area contributed by atoms with Crippen molar-refractivity contribution in [3.8, 4) is 11.3 Å². The number of ether oxygens (including phenoxy) is 1. The van der Waals surface area contributed by atoms with Crippen LogP contribution in [0.3, 0.4) is 0 Å². The largest absolute Gasteiger partial charge is 0.512 e. The summed E-state index contributed by atoms with van der Waals surface area (Å²) in [4.78, 5) is 134. The van der Waals surface area contributed by atoms with Crippen LogP contribution in [0.2, 0.25) is 0 Å². The lowest BCUT2D eigenvalue weighted by Crippen LogP contribution is -2.60. The van der Waals surface area contributed by atoms with Gasteiger partial charge in [0.1, 0.15) is 0 Å². The van der Waals surface area contributed by atoms with Gasteiger partial charge in [0, 0.05) is 101 Å². The Balaban J connectivity index is 0.000000284. The average Bonchev–Trinajstić information content (AvgIpc) is 1.64. The third-order valence-electron chi connectivity index (χ3n) is 20.2. The van der Waals surface area contributed by atoms with Crippen LogP contribution in [0.4, 0.5) is 28.7 Å². The Morgan fingerprint density at radius 1 is 0.574 bits per heavy atom. The number of carbonyl (C=O) groups is 7. The van der Waals surface area contributed by atoms with Crippen molar-refractivity contribution in [3.63, 3.8) is 0 Å². The van der Waals surface area contributed by atoms with Gasteiger partial charge in [-0.1, -0.05) is 61.0 Å². The summed E-state index contributed by atoms with van der Waals surface area (Å²) in [6.07, 6.45) is -0.191. The Hall–Kier alpha value is -8.23. The van der Waals surface area contributed by atoms with Crippen LogP contribution in [0.5, 0.6) is 0 Å². The molecule has 2 unspecified atom stereocenters. The van der Waals surface area contributed by atoms with E-state index in [1.165, 1.54) is 10.6 Å². The predicted molar refractivity (Wildman–Crippen MR) is 589 cm³/mol. The van der Waals surface area contributed by atoms with Crippen LogP contribution in [0.25, 0.3) is 33.1 Å². The van der Waals surface area contributed by atoms with Crippen molar-refractivity contribution >= 4 is 270 Å². The maximum Gasteiger partial charge on any atom is 0.512 e. The van der Waals surface area contributed by atoms with Crippen LogP contribution in [0.15, 0.2) is 158 Å². The number of rotatable bonds is 11. The van der Waals surface area contributed by atoms with Gasteiger partial charge in [-0.25, -0.2) is 14.6 Å². The zero-order valence-electron chi connectivity index (χ0n) is 81.9. The average molecular weight is 2430 g/mol. The number of benzene rings is 6. The number of hydrogen-bond acceptors (Lipinski definition) is 23. The molecule has 9 heterocycles. The second-order valence-electron chi connectivity index (χ2n) is 35.5. The number of H-pyrrole nitrogens is 3. The minimum absolute atomic E-state index is 0. The number of halogens is 12. The summed E-state index contributed by atoms with van der Waals surface area (Å²) in [5.74, 6) is -1.32. The molecular weight excluding hydrogens is 2310 g/mol. The molecular formula is C93H121BBr5Cl7N19O15P. The van der Waals surface area contributed by atoms with E-state index >= 15 is 0 Å². The summed E-state index contributed by atoms with van der Waals surface area (Å²) in [6, 6.07) is 35.7. The number of nitrogens with two attached hydrogens (primary N) is 4. The van der Waals surface area contributed by atoms with Crippen molar-refractivity contribution in [2.45, 2.75) is 221 Å². The summed E-state index contributed by atoms with van der Waals surface area (Å²) < 4.78 is 30.3. The zero-order valence-corrected chi connectivity index (χ0v) is 96.0. The first-order valence-electron chi connectivity index (χ1n) is 44.0. The number of carboxylic acids is 1. The molecule has 5 aliphatic rings. The molecule has 4 aromatic heterocycles. The minimum Gasteiger partial charge on any atom is -0.478 e. The number of anilines is 5. The van der Waals surface area contributed by atoms with Crippen LogP contribution >= 0.6 is 165 Å². The number of aromatic amines is 3. The van der Waals surface area contributed by atoms with E-state index in [2.05, 4.69) is 191 Å². The van der Waals surface area contributed by atoms with Crippen LogP contribution in [-0.2, 0) is 36.5 Å². The molecule has 4 atom stereocenters. The van der Waals surface area contributed by atoms with Crippen LogP contribution in [0.1, 0.15) is 238 Å². The van der Waals surface area contributed by atoms with Gasteiger partial charge in [-0.15, -0.1) is 0 Å². The van der Waals surface area contributed by atoms with Gasteiger partial charge in [-0.2, -0.15) is 0 Å². The molecule has 6 aromatic carbocycles. The highest BCUT2D eigenvalue weighted by Gasteiger charge is 2.53. The Morgan fingerprint density at radius 3 is 1.43 bits per heavy atom. The van der Waals surface area contributed by atoms with E-state index in [0.717, 1.165) is 71.0 Å². The first-order chi connectivity index (χ1) is 65.1. The fourth-order valence-corrected chi connectivity index (χ4v) is 16.2. The Kier molecular flexibility index (Phi) is 46.5. The molecule has 0 aliphatic carbocycles. The third kappa shape index (κ3) is 35.9. The van der Waals surface area contributed by atoms with E-state index < -0.39 is 33.9 Å². The molecule has 141 heavy (non-hydrogen) atoms. The second-order valence-corrected chi connectivity index (χ2v) is 49.0. The molecule has 34 nitrogen and oxygen atoms in total. The maximum absolute atomic E-state index is 13.1. The normalized spacial score (nSPS) is 16.0. The SMILES string of the molecule is CC(=O)OC(Cl)(Cl)Cl.CC(C)(C)N.CCN.CCN1C(=O)c2cccc(Br)c2NC1Cl.CCN1C(=O)c2cccc(Br)c2NC1NC(C)(C)C.CCNC(=O)c1cccc(Br)c1N.CCn1c(=O)[nH]c2c(Br)cccc2c1=O.CCn1c(NC(C)(C)C)nc2c(-c3cc4c([nH]3)[C@@H](C)NC4=O)cccc2c1=O.C[C@H]1NC(=O)c2cc(B3OC(C)(C)C(C)(C)O3)[nH]c21.Nc1c(Br)cccc1C(=O)O.O=P(Cl)(Cl)Cl. The third-order valence-corrected chi connectivity index (χ3v) is 24.1. The standard InChI is InChI=1S/C21H25N5O2.C14H20BrN3O.C13H19BN2O3.C10H10BrClN2O.C10H9BrN2O2.C9H11BrN2O.C7H6BrNO2.C4H11N.C3H3Cl3O2.C2H7N.Cl3OP/c1-6-26-19(28)13-9-7-8-12(17(13)24-20(26)25-21(3,4)5)15-10-14-16(23-15)11(2)22-18(14)27;1-5-18-12(19)9-7-6-8-10(15)11(9)16-13(18)17-14(2,3)4;1-7-10-8(11(17)15-7)6-9(16-10)14-18-12(2,3)13(4,5)19-14;1-2-14-9(15)6-4-3-5-7(11)8(6)13-10(14)12;1-2-13-9(14)6-4-3-5-7(11)8(6)12-10(13)15;1-2-12-9(13)6-4-3-5-7(10)8(6)11;8-5-3-1-2-4(6(5)9)7(10)11;1-4(2,3)5;1-2(7)8-3(4,5)6;1-2-3;1-5(2,3)4/h7-11,23H,6H2,1-5H3,(H,22,27)(H,24,25);6-8,13,16-17H,5H2,1-4H3;6-7,16H,1-5H3,(H,15,17);3-5,10,13H,2H2,1H3;3-5H,2H2,1H3,(H,12,15);3-5H,2,11H2,1H3,(H,12,13);1-3H,9H2,(H,10,11);5H2,1-3H3;1H3;2-3H2,1H3;/t11-;;7-;;;;;;;;/m1.1......../s1. The van der Waals surface area contributed by atoms with Gasteiger partial charge in [0.2, 0.25) is 5.95 Å². The molecule has 0 bridgehead atoms. The Morgan fingerprint density at radius 2 is 0.993 bits per heavy atom. The summed E-state index contributed by atoms with van der Waals surface area (Å²) in [5, 5.41) is 28.1. The number of aromatic nitrogens is 6. The van der Waals surface area contributed by atoms with E-state index in [9.17, 15) is 52.5 Å². The number of carboxylic acid groups (broad SMARTS) is 1. The number of nitrogen functional groups attached to an aromatic ring is 2. The highest BCUT2D eigenvalue weighted by molar-refractivity contribution is 9.11. The molecule has 19 N–H and O–H groups in total. The molecule has 1 saturated heterocycles. The van der Waals surface area contributed by atoms with Crippen molar-refractivity contribution in [2.24, 2.45) is 11.5 Å². The summed E-state index contributed by atoms with van der Waals surface area (Å²) >= 11 is 51.5. The summed E-state index contributed by atoms with van der Waals surface area (Å²) in [7, 11) is -0.449. The number of para-hydroxylation sites is 6. The zero-order chi connectivity index (χ0) is 107. The van der Waals surface area contributed by atoms with E-state index in [1.807, 2.05) is 172 Å². The maximum atomic E-state index is 13.1. The first-order valence-corrected chi connectivity index (χ1v) is 54.0. The molecule has 1 fully saturated rings. The monoisotopic (exact) mass is 2430 g/mol. The molecule has 0 radical (unpaired) electrons. The summed E-state index contributed by atoms with van der Waals surface area (Å²) in [6.45, 7) is 46.2. The van der Waals surface area contributed by atoms with Gasteiger partial charge in [0.05, 0.1) is 107 Å². The highest BCUT2D eigenvalue weighted by Crippen LogP contribution is 2.61. The van der Waals surface area contributed by atoms with Gasteiger partial charge in [0.15, 0.2) is 11.9 Å². The fraction of sp³-hybridized carbons (Fsp3) is 0.409. The van der Waals surface area contributed by atoms with Crippen molar-refractivity contribution in [1.82, 2.24) is 60.1 Å². The Bertz CT molecular complexity index is 6330. The molecule has 10 aromatic rings. The highest BCUT2D eigenvalue weighted by atomic mass is 79.9. The number of nitrogens with one attached hydrogen (secondary N) is 10. The second kappa shape index (κ2) is 53.2. The van der Waals surface area contributed by atoms with E-state index in [1.54, 1.807) is 82.0 Å². The first kappa shape index (κ1) is 123. The van der Waals surface area contributed by atoms with Gasteiger partial charge in [-0.3, -0.25) is 57.4 Å². The van der Waals surface area contributed by atoms with E-state index in [0.29, 0.717) is 98.5 Å². The molecule has 5 aliphatic heterocycles. The number of fused-ring (bicyclic) bond motifs is 6. The lowest BCUT2D eigenvalue weighted by Gasteiger charge is -2.41. The topological polar surface area (TPSA) is 501 Å². The lowest BCUT2D eigenvalue weighted by molar-refractivity contribution is -0.141. The number of esters is 1. The smallest absolute Gasteiger partial charge is 0.478 e. The van der Waals surface area contributed by atoms with Gasteiger partial charge < -0.3 is 98.7 Å². The summed E-state index contributed by atoms with van der Waals surface area (Å²) in [5.41, 5.74) is 30.2. The molecule has 0 saturated carbocycles. The van der Waals surface area contributed by atoms with Crippen LogP contribution in [-0.4, -0.2) is 162 Å². The van der Waals surface area contributed by atoms with Gasteiger partial charge in [0.25, 0.3) is 40.7 Å². The van der Waals surface area contributed by atoms with Crippen molar-refractivity contribution in [2.75, 3.05) is 53.6 Å². The number of nitrogens with zero attached hydrogens (tertiary/aromatic N) is 5. The number of alkyl halides is 4. The number of amides is 5. The Labute approximate surface area is 896 Å². The molecule has 0 spiro atoms. The van der Waals surface area contributed by atoms with Crippen molar-refractivity contribution in [1.29, 1.82) is 0 Å². The molecule has 15 rings (SSSR count). The lowest BCUT2D eigenvalue weighted by atomic mass is 9.85. The molecule has 48 heteroatoms. The number of aromatic carboxylic acids is 1. The van der Waals surface area contributed by atoms with Crippen molar-refractivity contribution in [3.05, 3.63) is 220 Å². The van der Waals surface area contributed by atoms with Gasteiger partial charge in [-0.05, 0) is 372 Å².